The largest absolute Gasteiger partial charge is 0.459 e. The fraction of sp³-hybridized carbons (Fsp3) is 0.458. The highest BCUT2D eigenvalue weighted by Crippen LogP contribution is 2.23. The Labute approximate surface area is 183 Å². The lowest BCUT2D eigenvalue weighted by Crippen LogP contribution is -2.32. The molecular formula is C24H31N5O2. The summed E-state index contributed by atoms with van der Waals surface area (Å²) >= 11 is 0. The maximum absolute atomic E-state index is 12.6. The molecule has 0 saturated carbocycles. The van der Waals surface area contributed by atoms with Crippen molar-refractivity contribution in [3.63, 3.8) is 0 Å². The van der Waals surface area contributed by atoms with Gasteiger partial charge in [0.05, 0.1) is 12.3 Å². The lowest BCUT2D eigenvalue weighted by molar-refractivity contribution is 0.0900. The van der Waals surface area contributed by atoms with E-state index in [1.165, 1.54) is 17.4 Å². The van der Waals surface area contributed by atoms with E-state index in [0.717, 1.165) is 50.7 Å². The van der Waals surface area contributed by atoms with E-state index < -0.39 is 0 Å². The van der Waals surface area contributed by atoms with Gasteiger partial charge in [-0.05, 0) is 37.0 Å². The number of aromatic nitrogens is 3. The number of aryl methyl sites for hydroxylation is 1. The molecule has 1 N–H and O–H groups in total. The second-order valence-electron chi connectivity index (χ2n) is 8.77. The minimum atomic E-state index is -0.220. The summed E-state index contributed by atoms with van der Waals surface area (Å²) in [5, 5.41) is 12.1. The van der Waals surface area contributed by atoms with E-state index in [1.807, 2.05) is 0 Å². The first kappa shape index (κ1) is 21.3. The number of nitrogens with one attached hydrogen (secondary N) is 1. The van der Waals surface area contributed by atoms with Gasteiger partial charge in [0.25, 0.3) is 5.91 Å². The van der Waals surface area contributed by atoms with Crippen molar-refractivity contribution in [1.82, 2.24) is 25.0 Å². The topological polar surface area (TPSA) is 76.2 Å². The van der Waals surface area contributed by atoms with Crippen molar-refractivity contribution in [2.45, 2.75) is 52.7 Å². The third-order valence-corrected chi connectivity index (χ3v) is 5.74. The maximum atomic E-state index is 12.6. The number of rotatable bonds is 7. The molecule has 7 heteroatoms. The first-order valence-electron chi connectivity index (χ1n) is 11.0. The first-order valence-corrected chi connectivity index (χ1v) is 11.0. The molecule has 7 nitrogen and oxygen atoms in total. The Balaban J connectivity index is 1.48. The van der Waals surface area contributed by atoms with Gasteiger partial charge in [-0.3, -0.25) is 9.69 Å². The summed E-state index contributed by atoms with van der Waals surface area (Å²) in [6.45, 7) is 10.0. The van der Waals surface area contributed by atoms with E-state index in [9.17, 15) is 4.79 Å². The minimum absolute atomic E-state index is 0.206. The Bertz CT molecular complexity index is 992. The Hall–Kier alpha value is -2.93. The standard InChI is InChI=1S/C24H31N5O2/c1-17(2)15-20(25-24(30)21-5-4-14-31-21)23-27-26-22-10-11-28(12-13-29(22)23)16-19-8-6-18(3)7-9-19/h4-9,14,17,20H,10-13,15-16H2,1-3H3,(H,25,30)/t20-/m0/s1. The van der Waals surface area contributed by atoms with E-state index in [2.05, 4.69) is 70.0 Å². The molecule has 1 aromatic carbocycles. The molecule has 4 rings (SSSR count). The molecule has 0 bridgehead atoms. The van der Waals surface area contributed by atoms with Gasteiger partial charge in [-0.2, -0.15) is 0 Å². The van der Waals surface area contributed by atoms with Crippen LogP contribution in [-0.4, -0.2) is 38.7 Å². The fourth-order valence-electron chi connectivity index (χ4n) is 4.09. The van der Waals surface area contributed by atoms with Crippen molar-refractivity contribution in [3.8, 4) is 0 Å². The van der Waals surface area contributed by atoms with Gasteiger partial charge in [-0.25, -0.2) is 0 Å². The molecule has 164 valence electrons. The summed E-state index contributed by atoms with van der Waals surface area (Å²) in [5.41, 5.74) is 2.61. The minimum Gasteiger partial charge on any atom is -0.459 e. The second-order valence-corrected chi connectivity index (χ2v) is 8.77. The zero-order valence-electron chi connectivity index (χ0n) is 18.5. The van der Waals surface area contributed by atoms with Crippen LogP contribution in [0, 0.1) is 12.8 Å². The molecular weight excluding hydrogens is 390 g/mol. The zero-order chi connectivity index (χ0) is 21.8. The summed E-state index contributed by atoms with van der Waals surface area (Å²) in [6.07, 6.45) is 3.15. The molecule has 3 aromatic rings. The van der Waals surface area contributed by atoms with Crippen molar-refractivity contribution in [3.05, 3.63) is 71.2 Å². The lowest BCUT2D eigenvalue weighted by Gasteiger charge is -2.22. The van der Waals surface area contributed by atoms with Crippen LogP contribution in [0.2, 0.25) is 0 Å². The van der Waals surface area contributed by atoms with Crippen molar-refractivity contribution in [1.29, 1.82) is 0 Å². The zero-order valence-corrected chi connectivity index (χ0v) is 18.5. The summed E-state index contributed by atoms with van der Waals surface area (Å²) in [5.74, 6) is 2.32. The fourth-order valence-corrected chi connectivity index (χ4v) is 4.09. The molecule has 0 aliphatic carbocycles. The quantitative estimate of drug-likeness (QED) is 0.629. The maximum Gasteiger partial charge on any atom is 0.287 e. The van der Waals surface area contributed by atoms with Gasteiger partial charge in [-0.15, -0.1) is 10.2 Å². The van der Waals surface area contributed by atoms with Gasteiger partial charge in [0.1, 0.15) is 5.82 Å². The van der Waals surface area contributed by atoms with Gasteiger partial charge in [0.15, 0.2) is 11.6 Å². The van der Waals surface area contributed by atoms with E-state index in [1.54, 1.807) is 12.1 Å². The number of carbonyl (C=O) groups is 1. The number of hydrogen-bond acceptors (Lipinski definition) is 5. The van der Waals surface area contributed by atoms with Crippen LogP contribution in [0.4, 0.5) is 0 Å². The predicted molar refractivity (Wildman–Crippen MR) is 119 cm³/mol. The van der Waals surface area contributed by atoms with Crippen LogP contribution in [0.3, 0.4) is 0 Å². The van der Waals surface area contributed by atoms with E-state index in [4.69, 9.17) is 4.42 Å². The average molecular weight is 422 g/mol. The van der Waals surface area contributed by atoms with Crippen LogP contribution in [-0.2, 0) is 19.5 Å². The van der Waals surface area contributed by atoms with Crippen LogP contribution < -0.4 is 5.32 Å². The number of fused-ring (bicyclic) bond motifs is 1. The highest BCUT2D eigenvalue weighted by molar-refractivity contribution is 5.91. The Morgan fingerprint density at radius 2 is 1.94 bits per heavy atom. The number of carbonyl (C=O) groups excluding carboxylic acids is 1. The molecule has 1 aliphatic heterocycles. The van der Waals surface area contributed by atoms with Gasteiger partial charge >= 0.3 is 0 Å². The van der Waals surface area contributed by atoms with Gasteiger partial charge in [0.2, 0.25) is 0 Å². The Morgan fingerprint density at radius 3 is 2.65 bits per heavy atom. The van der Waals surface area contributed by atoms with Gasteiger partial charge < -0.3 is 14.3 Å². The first-order chi connectivity index (χ1) is 15.0. The molecule has 1 aliphatic rings. The van der Waals surface area contributed by atoms with E-state index in [-0.39, 0.29) is 11.9 Å². The predicted octanol–water partition coefficient (Wildman–Crippen LogP) is 3.76. The SMILES string of the molecule is Cc1ccc(CN2CCc3nnc([C@H](CC(C)C)NC(=O)c4ccco4)n3CC2)cc1. The van der Waals surface area contributed by atoms with Crippen LogP contribution in [0.1, 0.15) is 59.6 Å². The molecule has 1 atom stereocenters. The highest BCUT2D eigenvalue weighted by atomic mass is 16.3. The molecule has 31 heavy (non-hydrogen) atoms. The number of furan rings is 1. The van der Waals surface area contributed by atoms with Crippen LogP contribution in [0.5, 0.6) is 0 Å². The molecule has 0 spiro atoms. The van der Waals surface area contributed by atoms with E-state index >= 15 is 0 Å². The number of benzene rings is 1. The molecule has 3 heterocycles. The average Bonchev–Trinajstić information content (AvgIpc) is 3.37. The van der Waals surface area contributed by atoms with Crippen molar-refractivity contribution in [2.24, 2.45) is 5.92 Å². The Kier molecular flexibility index (Phi) is 6.51. The van der Waals surface area contributed by atoms with Crippen molar-refractivity contribution >= 4 is 5.91 Å². The van der Waals surface area contributed by atoms with Gasteiger partial charge in [0, 0.05) is 32.6 Å². The van der Waals surface area contributed by atoms with Crippen LogP contribution in [0.15, 0.2) is 47.1 Å². The smallest absolute Gasteiger partial charge is 0.287 e. The third kappa shape index (κ3) is 5.22. The molecule has 0 radical (unpaired) electrons. The van der Waals surface area contributed by atoms with Crippen molar-refractivity contribution < 1.29 is 9.21 Å². The molecule has 0 saturated heterocycles. The summed E-state index contributed by atoms with van der Waals surface area (Å²) in [7, 11) is 0. The summed E-state index contributed by atoms with van der Waals surface area (Å²) in [6, 6.07) is 11.9. The lowest BCUT2D eigenvalue weighted by atomic mass is 10.0. The van der Waals surface area contributed by atoms with Crippen LogP contribution >= 0.6 is 0 Å². The van der Waals surface area contributed by atoms with Crippen molar-refractivity contribution in [2.75, 3.05) is 13.1 Å². The Morgan fingerprint density at radius 1 is 1.13 bits per heavy atom. The summed E-state index contributed by atoms with van der Waals surface area (Å²) < 4.78 is 7.47. The number of amides is 1. The molecule has 2 aromatic heterocycles. The number of hydrogen-bond donors (Lipinski definition) is 1. The summed E-state index contributed by atoms with van der Waals surface area (Å²) in [4.78, 5) is 15.1. The van der Waals surface area contributed by atoms with E-state index in [0.29, 0.717) is 11.7 Å². The molecule has 0 fully saturated rings. The molecule has 1 amide bonds. The number of nitrogens with zero attached hydrogens (tertiary/aromatic N) is 4. The van der Waals surface area contributed by atoms with Gasteiger partial charge in [-0.1, -0.05) is 43.7 Å². The third-order valence-electron chi connectivity index (χ3n) is 5.74. The normalized spacial score (nSPS) is 15.5. The monoisotopic (exact) mass is 421 g/mol. The second kappa shape index (κ2) is 9.47. The highest BCUT2D eigenvalue weighted by Gasteiger charge is 2.27. The van der Waals surface area contributed by atoms with Crippen LogP contribution in [0.25, 0.3) is 0 Å². The molecule has 0 unspecified atom stereocenters.